The Labute approximate surface area is 116 Å². The van der Waals surface area contributed by atoms with Crippen LogP contribution < -0.4 is 15.8 Å². The van der Waals surface area contributed by atoms with E-state index < -0.39 is 10.0 Å². The van der Waals surface area contributed by atoms with Crippen LogP contribution in [0.2, 0.25) is 0 Å². The van der Waals surface area contributed by atoms with Gasteiger partial charge in [-0.1, -0.05) is 6.07 Å². The fourth-order valence-electron chi connectivity index (χ4n) is 1.93. The molecule has 0 atom stereocenters. The van der Waals surface area contributed by atoms with Crippen molar-refractivity contribution < 1.29 is 18.0 Å². The maximum Gasteiger partial charge on any atom is 0.251 e. The number of carbonyl (C=O) groups is 2. The molecular formula is C12H15N3O4S. The van der Waals surface area contributed by atoms with Crippen molar-refractivity contribution in [3.8, 4) is 0 Å². The van der Waals surface area contributed by atoms with Gasteiger partial charge < -0.3 is 10.6 Å². The Kier molecular flexibility index (Phi) is 4.05. The molecule has 0 aromatic heterocycles. The number of rotatable bonds is 5. The largest absolute Gasteiger partial charge is 0.352 e. The van der Waals surface area contributed by atoms with Crippen LogP contribution in [0.4, 0.5) is 5.69 Å². The molecule has 20 heavy (non-hydrogen) atoms. The van der Waals surface area contributed by atoms with Gasteiger partial charge in [0.2, 0.25) is 15.9 Å². The molecule has 7 nitrogen and oxygen atoms in total. The molecule has 0 saturated carbocycles. The molecular weight excluding hydrogens is 282 g/mol. The van der Waals surface area contributed by atoms with Crippen LogP contribution in [0, 0.1) is 0 Å². The lowest BCUT2D eigenvalue weighted by Gasteiger charge is -2.06. The highest BCUT2D eigenvalue weighted by atomic mass is 32.2. The van der Waals surface area contributed by atoms with Gasteiger partial charge in [0.05, 0.1) is 12.2 Å². The van der Waals surface area contributed by atoms with Gasteiger partial charge in [-0.3, -0.25) is 9.59 Å². The smallest absolute Gasteiger partial charge is 0.251 e. The first kappa shape index (κ1) is 14.5. The van der Waals surface area contributed by atoms with Crippen molar-refractivity contribution in [2.75, 3.05) is 17.6 Å². The summed E-state index contributed by atoms with van der Waals surface area (Å²) in [4.78, 5) is 23.1. The molecule has 0 spiro atoms. The molecule has 4 N–H and O–H groups in total. The molecule has 2 amide bonds. The number of hydrogen-bond donors (Lipinski definition) is 3. The molecule has 0 saturated heterocycles. The summed E-state index contributed by atoms with van der Waals surface area (Å²) in [5, 5.41) is 10.1. The Morgan fingerprint density at radius 2 is 2.15 bits per heavy atom. The average molecular weight is 297 g/mol. The van der Waals surface area contributed by atoms with E-state index in [4.69, 9.17) is 5.14 Å². The minimum Gasteiger partial charge on any atom is -0.352 e. The third-order valence-electron chi connectivity index (χ3n) is 2.89. The zero-order chi connectivity index (χ0) is 14.8. The molecule has 1 heterocycles. The van der Waals surface area contributed by atoms with Crippen LogP contribution in [0.3, 0.4) is 0 Å². The first-order valence-corrected chi connectivity index (χ1v) is 7.78. The zero-order valence-corrected chi connectivity index (χ0v) is 11.5. The second-order valence-corrected chi connectivity index (χ2v) is 6.31. The highest BCUT2D eigenvalue weighted by Crippen LogP contribution is 2.23. The number of sulfonamides is 1. The van der Waals surface area contributed by atoms with Gasteiger partial charge >= 0.3 is 0 Å². The van der Waals surface area contributed by atoms with Crippen molar-refractivity contribution in [3.05, 3.63) is 29.3 Å². The van der Waals surface area contributed by atoms with Crippen molar-refractivity contribution in [1.82, 2.24) is 5.32 Å². The second kappa shape index (κ2) is 5.59. The SMILES string of the molecule is NS(=O)(=O)CCCNC(=O)c1ccc2c(c1)NC(=O)C2. The van der Waals surface area contributed by atoms with Crippen molar-refractivity contribution >= 4 is 27.5 Å². The number of benzene rings is 1. The van der Waals surface area contributed by atoms with Crippen LogP contribution in [0.1, 0.15) is 22.3 Å². The first-order valence-electron chi connectivity index (χ1n) is 6.06. The number of hydrogen-bond acceptors (Lipinski definition) is 4. The second-order valence-electron chi connectivity index (χ2n) is 4.57. The van der Waals surface area contributed by atoms with Crippen LogP contribution in [0.25, 0.3) is 0 Å². The minimum atomic E-state index is -3.50. The third-order valence-corrected chi connectivity index (χ3v) is 3.75. The number of amides is 2. The van der Waals surface area contributed by atoms with E-state index in [0.29, 0.717) is 17.7 Å². The van der Waals surface area contributed by atoms with E-state index in [9.17, 15) is 18.0 Å². The van der Waals surface area contributed by atoms with E-state index in [1.165, 1.54) is 0 Å². The van der Waals surface area contributed by atoms with Gasteiger partial charge in [0.1, 0.15) is 0 Å². The van der Waals surface area contributed by atoms with Crippen LogP contribution in [-0.2, 0) is 21.2 Å². The summed E-state index contributed by atoms with van der Waals surface area (Å²) in [7, 11) is -3.50. The van der Waals surface area contributed by atoms with Gasteiger partial charge in [0.25, 0.3) is 5.91 Å². The van der Waals surface area contributed by atoms with E-state index in [1.807, 2.05) is 0 Å². The Bertz CT molecular complexity index is 655. The molecule has 0 radical (unpaired) electrons. The predicted octanol–water partition coefficient (Wildman–Crippen LogP) is -0.410. The lowest BCUT2D eigenvalue weighted by atomic mass is 10.1. The zero-order valence-electron chi connectivity index (χ0n) is 10.7. The Morgan fingerprint density at radius 1 is 1.40 bits per heavy atom. The summed E-state index contributed by atoms with van der Waals surface area (Å²) in [6, 6.07) is 4.97. The van der Waals surface area contributed by atoms with Gasteiger partial charge in [0, 0.05) is 17.8 Å². The van der Waals surface area contributed by atoms with Gasteiger partial charge in [-0.2, -0.15) is 0 Å². The first-order chi connectivity index (χ1) is 9.35. The molecule has 0 unspecified atom stereocenters. The molecule has 8 heteroatoms. The number of carbonyl (C=O) groups excluding carboxylic acids is 2. The quantitative estimate of drug-likeness (QED) is 0.640. The lowest BCUT2D eigenvalue weighted by molar-refractivity contribution is -0.115. The van der Waals surface area contributed by atoms with Crippen LogP contribution in [0.15, 0.2) is 18.2 Å². The van der Waals surface area contributed by atoms with E-state index in [0.717, 1.165) is 5.56 Å². The molecule has 1 aromatic rings. The van der Waals surface area contributed by atoms with Gasteiger partial charge in [-0.15, -0.1) is 0 Å². The summed E-state index contributed by atoms with van der Waals surface area (Å²) in [6.07, 6.45) is 0.581. The summed E-state index contributed by atoms with van der Waals surface area (Å²) in [6.45, 7) is 0.221. The fourth-order valence-corrected chi connectivity index (χ4v) is 2.48. The molecule has 2 rings (SSSR count). The number of anilines is 1. The fraction of sp³-hybridized carbons (Fsp3) is 0.333. The standard InChI is InChI=1S/C12H15N3O4S/c13-20(18,19)5-1-4-14-12(17)9-3-2-8-7-11(16)15-10(8)6-9/h2-3,6H,1,4-5,7H2,(H,14,17)(H,15,16)(H2,13,18,19). The summed E-state index contributed by atoms with van der Waals surface area (Å²) >= 11 is 0. The monoisotopic (exact) mass is 297 g/mol. The molecule has 0 bridgehead atoms. The van der Waals surface area contributed by atoms with Crippen LogP contribution in [0.5, 0.6) is 0 Å². The van der Waals surface area contributed by atoms with Crippen molar-refractivity contribution in [2.45, 2.75) is 12.8 Å². The molecule has 1 aromatic carbocycles. The van der Waals surface area contributed by atoms with E-state index in [1.54, 1.807) is 18.2 Å². The highest BCUT2D eigenvalue weighted by molar-refractivity contribution is 7.89. The Hall–Kier alpha value is -1.93. The molecule has 0 fully saturated rings. The number of primary sulfonamides is 1. The molecule has 0 aliphatic carbocycles. The lowest BCUT2D eigenvalue weighted by Crippen LogP contribution is -2.27. The Morgan fingerprint density at radius 3 is 2.85 bits per heavy atom. The summed E-state index contributed by atoms with van der Waals surface area (Å²) < 4.78 is 21.5. The van der Waals surface area contributed by atoms with Crippen LogP contribution in [-0.4, -0.2) is 32.5 Å². The number of nitrogens with one attached hydrogen (secondary N) is 2. The average Bonchev–Trinajstić information content (AvgIpc) is 2.72. The van der Waals surface area contributed by atoms with Gasteiger partial charge in [-0.05, 0) is 24.1 Å². The van der Waals surface area contributed by atoms with Crippen molar-refractivity contribution in [3.63, 3.8) is 0 Å². The van der Waals surface area contributed by atoms with E-state index in [2.05, 4.69) is 10.6 Å². The molecule has 1 aliphatic rings. The van der Waals surface area contributed by atoms with Gasteiger partial charge in [0.15, 0.2) is 0 Å². The van der Waals surface area contributed by atoms with E-state index in [-0.39, 0.29) is 30.5 Å². The third kappa shape index (κ3) is 3.78. The maximum atomic E-state index is 11.8. The number of nitrogens with two attached hydrogens (primary N) is 1. The van der Waals surface area contributed by atoms with Gasteiger partial charge in [-0.25, -0.2) is 13.6 Å². The predicted molar refractivity (Wildman–Crippen MR) is 73.7 cm³/mol. The highest BCUT2D eigenvalue weighted by Gasteiger charge is 2.18. The Balaban J connectivity index is 1.91. The van der Waals surface area contributed by atoms with E-state index >= 15 is 0 Å². The molecule has 1 aliphatic heterocycles. The van der Waals surface area contributed by atoms with Crippen molar-refractivity contribution in [2.24, 2.45) is 5.14 Å². The number of fused-ring (bicyclic) bond motifs is 1. The maximum absolute atomic E-state index is 11.8. The summed E-state index contributed by atoms with van der Waals surface area (Å²) in [5.41, 5.74) is 1.93. The topological polar surface area (TPSA) is 118 Å². The van der Waals surface area contributed by atoms with Crippen LogP contribution >= 0.6 is 0 Å². The minimum absolute atomic E-state index is 0.0919. The molecule has 108 valence electrons. The normalized spacial score (nSPS) is 13.8. The van der Waals surface area contributed by atoms with Crippen molar-refractivity contribution in [1.29, 1.82) is 0 Å². The summed E-state index contributed by atoms with van der Waals surface area (Å²) in [5.74, 6) is -0.581.